The molecule has 0 unspecified atom stereocenters. The van der Waals surface area contributed by atoms with Gasteiger partial charge in [-0.2, -0.15) is 14.6 Å². The van der Waals surface area contributed by atoms with Crippen LogP contribution in [0.1, 0.15) is 29.3 Å². The molecule has 8 heteroatoms. The summed E-state index contributed by atoms with van der Waals surface area (Å²) in [6, 6.07) is 13.3. The van der Waals surface area contributed by atoms with E-state index < -0.39 is 5.56 Å². The predicted octanol–water partition coefficient (Wildman–Crippen LogP) is 2.37. The highest BCUT2D eigenvalue weighted by Crippen LogP contribution is 2.28. The van der Waals surface area contributed by atoms with Crippen LogP contribution in [0, 0.1) is 6.92 Å². The lowest BCUT2D eigenvalue weighted by Gasteiger charge is -2.09. The lowest BCUT2D eigenvalue weighted by atomic mass is 10.1. The standard InChI is InChI=1S/C23H21N3O4S/c1-4-30-18-10-9-16(12-19(18)29-3)13-20-22(28)26-23(31-20)24-21(27)17(25-26)11-15-7-5-14(2)6-8-15/h5-10,12-13H,4,11H2,1-3H3/b20-13-. The Hall–Kier alpha value is -3.52. The number of aryl methyl sites for hydroxylation is 1. The molecule has 0 fully saturated rings. The van der Waals surface area contributed by atoms with Gasteiger partial charge in [-0.3, -0.25) is 9.59 Å². The number of hydrogen-bond acceptors (Lipinski definition) is 7. The van der Waals surface area contributed by atoms with Gasteiger partial charge in [0.25, 0.3) is 11.1 Å². The number of fused-ring (bicyclic) bond motifs is 1. The fourth-order valence-corrected chi connectivity index (χ4v) is 4.06. The van der Waals surface area contributed by atoms with Gasteiger partial charge in [-0.15, -0.1) is 0 Å². The van der Waals surface area contributed by atoms with Crippen molar-refractivity contribution in [2.45, 2.75) is 20.3 Å². The number of ether oxygens (including phenoxy) is 2. The number of rotatable bonds is 6. The Bertz CT molecular complexity index is 1410. The first-order chi connectivity index (χ1) is 15.0. The summed E-state index contributed by atoms with van der Waals surface area (Å²) in [7, 11) is 1.56. The van der Waals surface area contributed by atoms with Gasteiger partial charge >= 0.3 is 0 Å². The fraction of sp³-hybridized carbons (Fsp3) is 0.217. The molecule has 0 aliphatic carbocycles. The minimum atomic E-state index is -0.420. The van der Waals surface area contributed by atoms with Gasteiger partial charge in [-0.05, 0) is 43.2 Å². The number of methoxy groups -OCH3 is 1. The highest BCUT2D eigenvalue weighted by molar-refractivity contribution is 7.15. The van der Waals surface area contributed by atoms with Crippen molar-refractivity contribution in [2.24, 2.45) is 0 Å². The van der Waals surface area contributed by atoms with Crippen LogP contribution in [0.3, 0.4) is 0 Å². The molecule has 4 rings (SSSR count). The van der Waals surface area contributed by atoms with Crippen molar-refractivity contribution in [3.8, 4) is 11.5 Å². The summed E-state index contributed by atoms with van der Waals surface area (Å²) >= 11 is 1.13. The van der Waals surface area contributed by atoms with Gasteiger partial charge in [0.05, 0.1) is 18.2 Å². The monoisotopic (exact) mass is 435 g/mol. The van der Waals surface area contributed by atoms with Crippen molar-refractivity contribution in [3.05, 3.63) is 90.1 Å². The first kappa shape index (κ1) is 20.7. The molecule has 0 saturated carbocycles. The van der Waals surface area contributed by atoms with E-state index >= 15 is 0 Å². The van der Waals surface area contributed by atoms with Crippen LogP contribution in [-0.4, -0.2) is 28.3 Å². The molecular formula is C23H21N3O4S. The SMILES string of the molecule is CCOc1ccc(/C=c2\sc3nc(=O)c(Cc4ccc(C)cc4)nn3c2=O)cc1OC. The van der Waals surface area contributed by atoms with E-state index in [4.69, 9.17) is 9.47 Å². The van der Waals surface area contributed by atoms with Crippen LogP contribution in [0.4, 0.5) is 0 Å². The van der Waals surface area contributed by atoms with E-state index in [2.05, 4.69) is 10.1 Å². The van der Waals surface area contributed by atoms with Crippen molar-refractivity contribution in [3.63, 3.8) is 0 Å². The van der Waals surface area contributed by atoms with E-state index in [9.17, 15) is 9.59 Å². The van der Waals surface area contributed by atoms with Crippen LogP contribution in [-0.2, 0) is 6.42 Å². The van der Waals surface area contributed by atoms with Crippen LogP contribution in [0.5, 0.6) is 11.5 Å². The molecule has 7 nitrogen and oxygen atoms in total. The number of benzene rings is 2. The third-order valence-electron chi connectivity index (χ3n) is 4.73. The van der Waals surface area contributed by atoms with Gasteiger partial charge < -0.3 is 9.47 Å². The molecule has 2 heterocycles. The summed E-state index contributed by atoms with van der Waals surface area (Å²) in [6.45, 7) is 4.42. The smallest absolute Gasteiger partial charge is 0.296 e. The molecule has 2 aromatic carbocycles. The highest BCUT2D eigenvalue weighted by atomic mass is 32.1. The third-order valence-corrected chi connectivity index (χ3v) is 5.69. The zero-order valence-electron chi connectivity index (χ0n) is 17.4. The first-order valence-corrected chi connectivity index (χ1v) is 10.6. The van der Waals surface area contributed by atoms with Crippen molar-refractivity contribution in [1.29, 1.82) is 0 Å². The third kappa shape index (κ3) is 4.34. The molecule has 0 aliphatic heterocycles. The topological polar surface area (TPSA) is 82.8 Å². The Labute approximate surface area is 182 Å². The van der Waals surface area contributed by atoms with Gasteiger partial charge in [0, 0.05) is 6.42 Å². The predicted molar refractivity (Wildman–Crippen MR) is 120 cm³/mol. The largest absolute Gasteiger partial charge is 0.493 e. The summed E-state index contributed by atoms with van der Waals surface area (Å²) in [5.41, 5.74) is 2.35. The molecule has 2 aromatic heterocycles. The second kappa shape index (κ2) is 8.69. The molecule has 4 aromatic rings. The van der Waals surface area contributed by atoms with Crippen LogP contribution >= 0.6 is 11.3 Å². The Kier molecular flexibility index (Phi) is 5.81. The van der Waals surface area contributed by atoms with Crippen molar-refractivity contribution >= 4 is 22.4 Å². The highest BCUT2D eigenvalue weighted by Gasteiger charge is 2.12. The molecule has 31 heavy (non-hydrogen) atoms. The summed E-state index contributed by atoms with van der Waals surface area (Å²) in [6.07, 6.45) is 2.05. The Morgan fingerprint density at radius 2 is 1.87 bits per heavy atom. The Morgan fingerprint density at radius 3 is 2.58 bits per heavy atom. The van der Waals surface area contributed by atoms with E-state index in [1.807, 2.05) is 44.2 Å². The summed E-state index contributed by atoms with van der Waals surface area (Å²) in [5, 5.41) is 4.30. The molecule has 0 saturated heterocycles. The summed E-state index contributed by atoms with van der Waals surface area (Å²) in [4.78, 5) is 29.7. The van der Waals surface area contributed by atoms with Crippen LogP contribution in [0.2, 0.25) is 0 Å². The van der Waals surface area contributed by atoms with E-state index in [0.717, 1.165) is 28.0 Å². The van der Waals surface area contributed by atoms with Gasteiger partial charge in [-0.1, -0.05) is 47.2 Å². The van der Waals surface area contributed by atoms with E-state index in [0.29, 0.717) is 29.1 Å². The lowest BCUT2D eigenvalue weighted by Crippen LogP contribution is -2.28. The zero-order valence-corrected chi connectivity index (χ0v) is 18.2. The zero-order chi connectivity index (χ0) is 22.0. The quantitative estimate of drug-likeness (QED) is 0.462. The fourth-order valence-electron chi connectivity index (χ4n) is 3.15. The Morgan fingerprint density at radius 1 is 1.10 bits per heavy atom. The second-order valence-corrected chi connectivity index (χ2v) is 7.99. The maximum atomic E-state index is 12.9. The molecule has 0 spiro atoms. The minimum absolute atomic E-state index is 0.241. The van der Waals surface area contributed by atoms with Crippen LogP contribution in [0.25, 0.3) is 11.0 Å². The van der Waals surface area contributed by atoms with Crippen molar-refractivity contribution in [2.75, 3.05) is 13.7 Å². The maximum absolute atomic E-state index is 12.9. The number of nitrogens with zero attached hydrogens (tertiary/aromatic N) is 3. The van der Waals surface area contributed by atoms with Gasteiger partial charge in [0.2, 0.25) is 4.96 Å². The van der Waals surface area contributed by atoms with E-state index in [1.165, 1.54) is 4.52 Å². The average Bonchev–Trinajstić information content (AvgIpc) is 3.05. The molecule has 0 N–H and O–H groups in total. The number of hydrogen-bond donors (Lipinski definition) is 0. The van der Waals surface area contributed by atoms with E-state index in [1.54, 1.807) is 25.3 Å². The van der Waals surface area contributed by atoms with Gasteiger partial charge in [0.1, 0.15) is 5.69 Å². The Balaban J connectivity index is 1.75. The van der Waals surface area contributed by atoms with Crippen molar-refractivity contribution in [1.82, 2.24) is 14.6 Å². The van der Waals surface area contributed by atoms with Crippen LogP contribution in [0.15, 0.2) is 52.1 Å². The summed E-state index contributed by atoms with van der Waals surface area (Å²) < 4.78 is 12.5. The molecule has 0 atom stereocenters. The molecule has 0 radical (unpaired) electrons. The first-order valence-electron chi connectivity index (χ1n) is 9.79. The molecule has 0 bridgehead atoms. The normalized spacial score (nSPS) is 11.8. The van der Waals surface area contributed by atoms with Gasteiger partial charge in [0.15, 0.2) is 11.5 Å². The average molecular weight is 436 g/mol. The van der Waals surface area contributed by atoms with E-state index in [-0.39, 0.29) is 16.2 Å². The maximum Gasteiger partial charge on any atom is 0.296 e. The number of aromatic nitrogens is 3. The molecular weight excluding hydrogens is 414 g/mol. The second-order valence-electron chi connectivity index (χ2n) is 6.98. The molecule has 158 valence electrons. The van der Waals surface area contributed by atoms with Crippen molar-refractivity contribution < 1.29 is 9.47 Å². The van der Waals surface area contributed by atoms with Crippen LogP contribution < -0.4 is 25.1 Å². The van der Waals surface area contributed by atoms with Gasteiger partial charge in [-0.25, -0.2) is 0 Å². The summed E-state index contributed by atoms with van der Waals surface area (Å²) in [5.74, 6) is 1.21. The lowest BCUT2D eigenvalue weighted by molar-refractivity contribution is 0.311. The number of thiazole rings is 1. The molecule has 0 amide bonds. The molecule has 0 aliphatic rings. The minimum Gasteiger partial charge on any atom is -0.493 e.